The van der Waals surface area contributed by atoms with Gasteiger partial charge in [0.2, 0.25) is 0 Å². The van der Waals surface area contributed by atoms with Crippen LogP contribution in [0.3, 0.4) is 0 Å². The van der Waals surface area contributed by atoms with E-state index in [2.05, 4.69) is 27.3 Å². The van der Waals surface area contributed by atoms with Gasteiger partial charge >= 0.3 is 0 Å². The largest absolute Gasteiger partial charge is 0.492 e. The van der Waals surface area contributed by atoms with Crippen molar-refractivity contribution in [2.75, 3.05) is 26.1 Å². The Morgan fingerprint density at radius 2 is 2.04 bits per heavy atom. The number of nitriles is 1. The van der Waals surface area contributed by atoms with Gasteiger partial charge in [0.15, 0.2) is 5.79 Å². The van der Waals surface area contributed by atoms with Gasteiger partial charge in [-0.3, -0.25) is 0 Å². The minimum atomic E-state index is -1.15. The molecule has 0 radical (unpaired) electrons. The summed E-state index contributed by atoms with van der Waals surface area (Å²) in [6.07, 6.45) is 1.54. The molecule has 1 unspecified atom stereocenters. The summed E-state index contributed by atoms with van der Waals surface area (Å²) in [4.78, 5) is 0. The Labute approximate surface area is 170 Å². The number of nitrogens with zero attached hydrogens (tertiary/aromatic N) is 1. The number of hydrogen-bond donors (Lipinski definition) is 2. The zero-order chi connectivity index (χ0) is 20.3. The number of nitrogens with one attached hydrogen (secondary N) is 2. The molecule has 1 heterocycles. The van der Waals surface area contributed by atoms with E-state index in [0.29, 0.717) is 39.1 Å². The molecule has 1 atom stereocenters. The van der Waals surface area contributed by atoms with Crippen molar-refractivity contribution in [3.05, 3.63) is 51.7 Å². The first kappa shape index (κ1) is 20.3. The average molecular weight is 448 g/mol. The lowest BCUT2D eigenvalue weighted by atomic mass is 9.88. The fourth-order valence-corrected chi connectivity index (χ4v) is 3.99. The second-order valence-corrected chi connectivity index (χ2v) is 7.02. The minimum Gasteiger partial charge on any atom is -0.492 e. The quantitative estimate of drug-likeness (QED) is 0.511. The highest BCUT2D eigenvalue weighted by Gasteiger charge is 2.45. The van der Waals surface area contributed by atoms with E-state index >= 15 is 0 Å². The van der Waals surface area contributed by atoms with Crippen LogP contribution in [0.5, 0.6) is 5.75 Å². The standard InChI is InChI=1S/C20H19BrFN3O3/c1-26-20(27-2)7-8-28-19-15(16(20)11-24)9-12(10-23)18(17(19)21)25-14-5-3-13(22)4-6-14/h3-6,9-10,16,23,25H,7-8H2,1-2H3. The van der Waals surface area contributed by atoms with Crippen molar-refractivity contribution in [1.82, 2.24) is 0 Å². The molecule has 0 saturated carbocycles. The minimum absolute atomic E-state index is 0.283. The lowest BCUT2D eigenvalue weighted by Crippen LogP contribution is -2.40. The first-order valence-electron chi connectivity index (χ1n) is 8.51. The van der Waals surface area contributed by atoms with E-state index in [-0.39, 0.29) is 12.4 Å². The maximum Gasteiger partial charge on any atom is 0.190 e. The number of methoxy groups -OCH3 is 2. The molecule has 8 heteroatoms. The Balaban J connectivity index is 2.15. The first-order chi connectivity index (χ1) is 13.5. The van der Waals surface area contributed by atoms with Crippen LogP contribution in [0, 0.1) is 22.6 Å². The van der Waals surface area contributed by atoms with Gasteiger partial charge in [-0.15, -0.1) is 0 Å². The molecular weight excluding hydrogens is 429 g/mol. The van der Waals surface area contributed by atoms with E-state index in [9.17, 15) is 9.65 Å². The Bertz CT molecular complexity index is 924. The molecule has 0 aliphatic carbocycles. The highest BCUT2D eigenvalue weighted by Crippen LogP contribution is 2.48. The lowest BCUT2D eigenvalue weighted by molar-refractivity contribution is -0.217. The van der Waals surface area contributed by atoms with Gasteiger partial charge in [-0.05, 0) is 46.3 Å². The summed E-state index contributed by atoms with van der Waals surface area (Å²) in [7, 11) is 2.99. The number of anilines is 2. The van der Waals surface area contributed by atoms with E-state index in [4.69, 9.17) is 19.6 Å². The summed E-state index contributed by atoms with van der Waals surface area (Å²) in [5, 5.41) is 20.9. The van der Waals surface area contributed by atoms with Crippen LogP contribution in [-0.4, -0.2) is 32.8 Å². The van der Waals surface area contributed by atoms with Crippen LogP contribution in [0.2, 0.25) is 0 Å². The predicted molar refractivity (Wildman–Crippen MR) is 107 cm³/mol. The van der Waals surface area contributed by atoms with Crippen molar-refractivity contribution in [1.29, 1.82) is 10.7 Å². The van der Waals surface area contributed by atoms with Gasteiger partial charge in [0, 0.05) is 43.7 Å². The third-order valence-corrected chi connectivity index (χ3v) is 5.57. The number of benzene rings is 2. The zero-order valence-electron chi connectivity index (χ0n) is 15.4. The molecule has 0 bridgehead atoms. The molecule has 6 nitrogen and oxygen atoms in total. The van der Waals surface area contributed by atoms with Crippen LogP contribution in [0.4, 0.5) is 15.8 Å². The van der Waals surface area contributed by atoms with Crippen molar-refractivity contribution in [2.24, 2.45) is 0 Å². The molecule has 1 aliphatic heterocycles. The topological polar surface area (TPSA) is 87.4 Å². The molecule has 2 aromatic rings. The Kier molecular flexibility index (Phi) is 5.98. The van der Waals surface area contributed by atoms with Crippen molar-refractivity contribution >= 4 is 33.5 Å². The summed E-state index contributed by atoms with van der Waals surface area (Å²) in [5.41, 5.74) is 2.33. The summed E-state index contributed by atoms with van der Waals surface area (Å²) < 4.78 is 30.8. The monoisotopic (exact) mass is 447 g/mol. The number of halogens is 2. The van der Waals surface area contributed by atoms with Crippen LogP contribution in [0.25, 0.3) is 0 Å². The molecule has 3 rings (SSSR count). The summed E-state index contributed by atoms with van der Waals surface area (Å²) >= 11 is 3.55. The van der Waals surface area contributed by atoms with Crippen molar-refractivity contribution in [3.8, 4) is 11.8 Å². The van der Waals surface area contributed by atoms with Crippen molar-refractivity contribution < 1.29 is 18.6 Å². The van der Waals surface area contributed by atoms with Gasteiger partial charge in [-0.25, -0.2) is 4.39 Å². The van der Waals surface area contributed by atoms with Crippen LogP contribution >= 0.6 is 15.9 Å². The van der Waals surface area contributed by atoms with Crippen LogP contribution in [0.15, 0.2) is 34.8 Å². The molecule has 1 aliphatic rings. The lowest BCUT2D eigenvalue weighted by Gasteiger charge is -2.33. The third-order valence-electron chi connectivity index (χ3n) is 4.82. The molecule has 0 saturated heterocycles. The predicted octanol–water partition coefficient (Wildman–Crippen LogP) is 4.71. The van der Waals surface area contributed by atoms with Gasteiger partial charge in [-0.1, -0.05) is 0 Å². The number of rotatable bonds is 5. The summed E-state index contributed by atoms with van der Waals surface area (Å²) in [6, 6.07) is 9.86. The van der Waals surface area contributed by atoms with E-state index in [1.807, 2.05) is 0 Å². The van der Waals surface area contributed by atoms with Gasteiger partial charge in [0.1, 0.15) is 17.5 Å². The number of hydrogen-bond acceptors (Lipinski definition) is 6. The SMILES string of the molecule is COC1(OC)CCOc2c(cc(C=N)c(Nc3ccc(F)cc3)c2Br)C1C#N. The second kappa shape index (κ2) is 8.27. The summed E-state index contributed by atoms with van der Waals surface area (Å²) in [5.74, 6) is -1.76. The second-order valence-electron chi connectivity index (χ2n) is 6.23. The normalized spacial score (nSPS) is 17.6. The van der Waals surface area contributed by atoms with Crippen LogP contribution < -0.4 is 10.1 Å². The smallest absolute Gasteiger partial charge is 0.190 e. The first-order valence-corrected chi connectivity index (χ1v) is 9.31. The van der Waals surface area contributed by atoms with Gasteiger partial charge < -0.3 is 24.9 Å². The van der Waals surface area contributed by atoms with Crippen molar-refractivity contribution in [3.63, 3.8) is 0 Å². The Hall–Kier alpha value is -2.47. The van der Waals surface area contributed by atoms with E-state index in [1.54, 1.807) is 18.2 Å². The average Bonchev–Trinajstić information content (AvgIpc) is 2.88. The Morgan fingerprint density at radius 3 is 2.61 bits per heavy atom. The molecule has 2 aromatic carbocycles. The van der Waals surface area contributed by atoms with E-state index in [0.717, 1.165) is 0 Å². The van der Waals surface area contributed by atoms with Gasteiger partial charge in [0.25, 0.3) is 0 Å². The van der Waals surface area contributed by atoms with Gasteiger partial charge in [-0.2, -0.15) is 5.26 Å². The molecule has 28 heavy (non-hydrogen) atoms. The summed E-state index contributed by atoms with van der Waals surface area (Å²) in [6.45, 7) is 0.283. The third kappa shape index (κ3) is 3.49. The highest BCUT2D eigenvalue weighted by atomic mass is 79.9. The number of fused-ring (bicyclic) bond motifs is 1. The maximum atomic E-state index is 13.2. The molecule has 0 amide bonds. The molecule has 146 valence electrons. The maximum absolute atomic E-state index is 13.2. The van der Waals surface area contributed by atoms with Crippen LogP contribution in [0.1, 0.15) is 23.5 Å². The van der Waals surface area contributed by atoms with Crippen LogP contribution in [-0.2, 0) is 9.47 Å². The highest BCUT2D eigenvalue weighted by molar-refractivity contribution is 9.10. The molecule has 2 N–H and O–H groups in total. The fraction of sp³-hybridized carbons (Fsp3) is 0.300. The molecule has 0 spiro atoms. The molecule has 0 fully saturated rings. The van der Waals surface area contributed by atoms with E-state index in [1.165, 1.54) is 32.6 Å². The zero-order valence-corrected chi connectivity index (χ0v) is 17.0. The van der Waals surface area contributed by atoms with Crippen molar-refractivity contribution in [2.45, 2.75) is 18.1 Å². The van der Waals surface area contributed by atoms with Gasteiger partial charge in [0.05, 0.1) is 22.8 Å². The van der Waals surface area contributed by atoms with E-state index < -0.39 is 11.7 Å². The number of ether oxygens (including phenoxy) is 3. The molecule has 0 aromatic heterocycles. The Morgan fingerprint density at radius 1 is 1.36 bits per heavy atom. The molecular formula is C20H19BrFN3O3. The fourth-order valence-electron chi connectivity index (χ4n) is 3.32.